The average molecular weight is 349 g/mol. The highest BCUT2D eigenvalue weighted by Gasteiger charge is 2.57. The molecule has 2 aliphatic rings. The van der Waals surface area contributed by atoms with Gasteiger partial charge in [0.15, 0.2) is 0 Å². The SMILES string of the molecule is CC(=O)O[C@@H]1/C=C(\C)CC[C@@](C)(CCC=C(C)C)[C@@H]2C[C@H]2[C@](C)(O)C1. The fraction of sp³-hybridized carbons (Fsp3) is 0.773. The van der Waals surface area contributed by atoms with E-state index in [0.717, 1.165) is 25.7 Å². The van der Waals surface area contributed by atoms with E-state index in [2.05, 4.69) is 39.8 Å². The first-order valence-corrected chi connectivity index (χ1v) is 9.74. The molecule has 0 aromatic carbocycles. The molecule has 5 atom stereocenters. The average Bonchev–Trinajstić information content (AvgIpc) is 3.24. The molecule has 0 bridgehead atoms. The van der Waals surface area contributed by atoms with Crippen LogP contribution >= 0.6 is 0 Å². The van der Waals surface area contributed by atoms with Gasteiger partial charge in [-0.25, -0.2) is 0 Å². The first kappa shape index (κ1) is 20.2. The molecule has 3 nitrogen and oxygen atoms in total. The molecule has 1 N–H and O–H groups in total. The maximum atomic E-state index is 11.4. The minimum Gasteiger partial charge on any atom is -0.458 e. The van der Waals surface area contributed by atoms with Crippen LogP contribution in [0, 0.1) is 17.3 Å². The zero-order valence-corrected chi connectivity index (χ0v) is 16.9. The molecule has 0 amide bonds. The lowest BCUT2D eigenvalue weighted by Gasteiger charge is -2.35. The van der Waals surface area contributed by atoms with Gasteiger partial charge >= 0.3 is 5.97 Å². The molecule has 1 saturated carbocycles. The van der Waals surface area contributed by atoms with Crippen LogP contribution in [0.15, 0.2) is 23.3 Å². The number of carbonyl (C=O) groups excluding carboxylic acids is 1. The Bertz CT molecular complexity index is 554. The highest BCUT2D eigenvalue weighted by Crippen LogP contribution is 2.60. The molecule has 0 heterocycles. The first-order valence-electron chi connectivity index (χ1n) is 9.74. The standard InChI is InChI=1S/C22H36O3/c1-15(2)8-7-10-21(5)11-9-16(3)12-18(25-17(4)23)14-22(6,24)20-13-19(20)21/h8,12,18-20,24H,7,9-11,13-14H2,1-6H3/b16-12+/t18-,19-,20-,21-,22-/m1/s1. The van der Waals surface area contributed by atoms with E-state index in [4.69, 9.17) is 4.74 Å². The van der Waals surface area contributed by atoms with Crippen molar-refractivity contribution in [3.05, 3.63) is 23.3 Å². The quantitative estimate of drug-likeness (QED) is 0.562. The third-order valence-corrected chi connectivity index (χ3v) is 6.25. The summed E-state index contributed by atoms with van der Waals surface area (Å²) in [4.78, 5) is 11.4. The topological polar surface area (TPSA) is 46.5 Å². The minimum absolute atomic E-state index is 0.268. The van der Waals surface area contributed by atoms with Crippen LogP contribution < -0.4 is 0 Å². The lowest BCUT2D eigenvalue weighted by Crippen LogP contribution is -2.36. The van der Waals surface area contributed by atoms with Crippen molar-refractivity contribution in [2.75, 3.05) is 0 Å². The van der Waals surface area contributed by atoms with Gasteiger partial charge in [-0.1, -0.05) is 24.1 Å². The van der Waals surface area contributed by atoms with Crippen LogP contribution in [0.4, 0.5) is 0 Å². The molecule has 2 aliphatic carbocycles. The molecule has 0 aromatic heterocycles. The Kier molecular flexibility index (Phi) is 6.19. The van der Waals surface area contributed by atoms with Crippen molar-refractivity contribution >= 4 is 5.97 Å². The van der Waals surface area contributed by atoms with Crippen LogP contribution in [0.5, 0.6) is 0 Å². The summed E-state index contributed by atoms with van der Waals surface area (Å²) in [6.45, 7) is 12.2. The van der Waals surface area contributed by atoms with E-state index in [1.807, 2.05) is 6.92 Å². The summed E-state index contributed by atoms with van der Waals surface area (Å²) >= 11 is 0. The fourth-order valence-corrected chi connectivity index (χ4v) is 4.63. The number of fused-ring (bicyclic) bond motifs is 1. The molecule has 0 unspecified atom stereocenters. The highest BCUT2D eigenvalue weighted by atomic mass is 16.5. The van der Waals surface area contributed by atoms with Gasteiger partial charge in [0.2, 0.25) is 0 Å². The predicted molar refractivity (Wildman–Crippen MR) is 102 cm³/mol. The van der Waals surface area contributed by atoms with Crippen LogP contribution in [0.2, 0.25) is 0 Å². The number of aliphatic hydroxyl groups is 1. The molecule has 1 fully saturated rings. The smallest absolute Gasteiger partial charge is 0.303 e. The van der Waals surface area contributed by atoms with Crippen LogP contribution in [0.3, 0.4) is 0 Å². The minimum atomic E-state index is -0.781. The Balaban J connectivity index is 2.20. The van der Waals surface area contributed by atoms with E-state index in [1.54, 1.807) is 0 Å². The van der Waals surface area contributed by atoms with E-state index in [9.17, 15) is 9.90 Å². The second-order valence-electron chi connectivity index (χ2n) is 9.15. The van der Waals surface area contributed by atoms with Crippen molar-refractivity contribution in [2.24, 2.45) is 17.3 Å². The molecule has 3 heteroatoms. The van der Waals surface area contributed by atoms with Gasteiger partial charge in [-0.2, -0.15) is 0 Å². The van der Waals surface area contributed by atoms with Gasteiger partial charge in [0, 0.05) is 13.3 Å². The Morgan fingerprint density at radius 1 is 1.32 bits per heavy atom. The molecule has 0 saturated heterocycles. The Morgan fingerprint density at radius 3 is 2.60 bits per heavy atom. The molecular formula is C22H36O3. The fourth-order valence-electron chi connectivity index (χ4n) is 4.63. The second kappa shape index (κ2) is 7.65. The summed E-state index contributed by atoms with van der Waals surface area (Å²) in [6, 6.07) is 0. The Labute approximate surface area is 153 Å². The van der Waals surface area contributed by atoms with Gasteiger partial charge in [0.1, 0.15) is 6.10 Å². The number of rotatable bonds is 4. The lowest BCUT2D eigenvalue weighted by molar-refractivity contribution is -0.146. The van der Waals surface area contributed by atoms with Crippen molar-refractivity contribution < 1.29 is 14.6 Å². The summed E-state index contributed by atoms with van der Waals surface area (Å²) in [5.41, 5.74) is 2.12. The number of hydrogen-bond donors (Lipinski definition) is 1. The Morgan fingerprint density at radius 2 is 2.00 bits per heavy atom. The van der Waals surface area contributed by atoms with E-state index in [0.29, 0.717) is 18.3 Å². The predicted octanol–water partition coefficient (Wildman–Crippen LogP) is 5.19. The van der Waals surface area contributed by atoms with Gasteiger partial charge in [-0.15, -0.1) is 0 Å². The maximum Gasteiger partial charge on any atom is 0.303 e. The third kappa shape index (κ3) is 5.44. The highest BCUT2D eigenvalue weighted by molar-refractivity contribution is 5.66. The number of esters is 1. The van der Waals surface area contributed by atoms with Crippen molar-refractivity contribution in [3.63, 3.8) is 0 Å². The molecule has 25 heavy (non-hydrogen) atoms. The van der Waals surface area contributed by atoms with Gasteiger partial charge in [-0.05, 0) is 83.1 Å². The van der Waals surface area contributed by atoms with E-state index < -0.39 is 5.60 Å². The first-order chi connectivity index (χ1) is 11.5. The van der Waals surface area contributed by atoms with Crippen molar-refractivity contribution in [1.29, 1.82) is 0 Å². The van der Waals surface area contributed by atoms with Gasteiger partial charge in [0.05, 0.1) is 5.60 Å². The maximum absolute atomic E-state index is 11.4. The molecule has 0 aliphatic heterocycles. The third-order valence-electron chi connectivity index (χ3n) is 6.25. The van der Waals surface area contributed by atoms with Crippen molar-refractivity contribution in [3.8, 4) is 0 Å². The summed E-state index contributed by atoms with van der Waals surface area (Å²) in [6.07, 6.45) is 10.1. The number of ether oxygens (including phenoxy) is 1. The van der Waals surface area contributed by atoms with Crippen LogP contribution in [-0.4, -0.2) is 22.8 Å². The molecule has 0 radical (unpaired) electrons. The summed E-state index contributed by atoms with van der Waals surface area (Å²) in [5, 5.41) is 11.1. The van der Waals surface area contributed by atoms with Crippen molar-refractivity contribution in [2.45, 2.75) is 91.8 Å². The zero-order chi connectivity index (χ0) is 18.8. The molecule has 142 valence electrons. The van der Waals surface area contributed by atoms with E-state index >= 15 is 0 Å². The summed E-state index contributed by atoms with van der Waals surface area (Å²) in [5.74, 6) is 0.604. The van der Waals surface area contributed by atoms with Gasteiger partial charge in [-0.3, -0.25) is 4.79 Å². The van der Waals surface area contributed by atoms with Gasteiger partial charge in [0.25, 0.3) is 0 Å². The second-order valence-corrected chi connectivity index (χ2v) is 9.15. The zero-order valence-electron chi connectivity index (χ0n) is 16.9. The Hall–Kier alpha value is -1.09. The molecular weight excluding hydrogens is 312 g/mol. The van der Waals surface area contributed by atoms with Crippen molar-refractivity contribution in [1.82, 2.24) is 0 Å². The molecule has 0 aromatic rings. The number of hydrogen-bond acceptors (Lipinski definition) is 3. The van der Waals surface area contributed by atoms with Crippen LogP contribution in [0.25, 0.3) is 0 Å². The molecule has 0 spiro atoms. The van der Waals surface area contributed by atoms with Crippen LogP contribution in [-0.2, 0) is 9.53 Å². The molecule has 2 rings (SSSR count). The lowest BCUT2D eigenvalue weighted by atomic mass is 9.72. The monoisotopic (exact) mass is 348 g/mol. The number of carbonyl (C=O) groups is 1. The normalized spacial score (nSPS) is 40.3. The van der Waals surface area contributed by atoms with Crippen LogP contribution in [0.1, 0.15) is 80.1 Å². The largest absolute Gasteiger partial charge is 0.458 e. The van der Waals surface area contributed by atoms with Gasteiger partial charge < -0.3 is 9.84 Å². The van der Waals surface area contributed by atoms with E-state index in [1.165, 1.54) is 24.5 Å². The summed E-state index contributed by atoms with van der Waals surface area (Å²) < 4.78 is 5.46. The summed E-state index contributed by atoms with van der Waals surface area (Å²) in [7, 11) is 0. The number of allylic oxidation sites excluding steroid dienone is 3. The van der Waals surface area contributed by atoms with E-state index in [-0.39, 0.29) is 17.5 Å².